The lowest BCUT2D eigenvalue weighted by Gasteiger charge is -2.49. The fourth-order valence-electron chi connectivity index (χ4n) is 4.09. The van der Waals surface area contributed by atoms with Crippen molar-refractivity contribution in [2.24, 2.45) is 5.92 Å². The summed E-state index contributed by atoms with van der Waals surface area (Å²) in [4.78, 5) is 38.9. The molecule has 2 aliphatic heterocycles. The predicted molar refractivity (Wildman–Crippen MR) is 122 cm³/mol. The van der Waals surface area contributed by atoms with Crippen molar-refractivity contribution >= 4 is 52.6 Å². The molecule has 4 atom stereocenters. The Morgan fingerprint density at radius 3 is 2.75 bits per heavy atom. The van der Waals surface area contributed by atoms with Gasteiger partial charge in [-0.3, -0.25) is 14.5 Å². The molecule has 2 N–H and O–H groups in total. The number of thioether (sulfide) groups is 2. The number of amides is 2. The van der Waals surface area contributed by atoms with Gasteiger partial charge in [0, 0.05) is 17.4 Å². The van der Waals surface area contributed by atoms with E-state index in [9.17, 15) is 19.5 Å². The van der Waals surface area contributed by atoms with E-state index in [0.717, 1.165) is 21.3 Å². The first-order valence-electron chi connectivity index (χ1n) is 10.1. The van der Waals surface area contributed by atoms with E-state index in [4.69, 9.17) is 0 Å². The molecule has 1 saturated heterocycles. The normalized spacial score (nSPS) is 26.4. The molecule has 0 radical (unpaired) electrons. The molecule has 1 saturated carbocycles. The number of β-lactam (4-membered cyclic amide) rings is 1. The van der Waals surface area contributed by atoms with Gasteiger partial charge in [0.1, 0.15) is 22.1 Å². The average Bonchev–Trinajstić information content (AvgIpc) is 3.50. The summed E-state index contributed by atoms with van der Waals surface area (Å²) in [6, 6.07) is 9.19. The monoisotopic (exact) mass is 488 g/mol. The number of rotatable bonds is 7. The first-order chi connectivity index (χ1) is 15.4. The molecule has 166 valence electrons. The van der Waals surface area contributed by atoms with Crippen LogP contribution in [-0.2, 0) is 14.4 Å². The third kappa shape index (κ3) is 3.93. The molecular weight excluding hydrogens is 468 g/mol. The Morgan fingerprint density at radius 1 is 1.28 bits per heavy atom. The summed E-state index contributed by atoms with van der Waals surface area (Å²) in [7, 11) is 0. The molecule has 4 unspecified atom stereocenters. The Bertz CT molecular complexity index is 1120. The molecule has 32 heavy (non-hydrogen) atoms. The highest BCUT2D eigenvalue weighted by atomic mass is 32.2. The van der Waals surface area contributed by atoms with Gasteiger partial charge in [-0.15, -0.1) is 22.0 Å². The van der Waals surface area contributed by atoms with Crippen molar-refractivity contribution in [3.8, 4) is 0 Å². The molecule has 3 aliphatic rings. The zero-order chi connectivity index (χ0) is 22.4. The Balaban J connectivity index is 1.24. The Hall–Kier alpha value is -2.37. The highest BCUT2D eigenvalue weighted by Crippen LogP contribution is 2.48. The van der Waals surface area contributed by atoms with E-state index in [0.29, 0.717) is 17.1 Å². The lowest BCUT2D eigenvalue weighted by atomic mass is 10.0. The van der Waals surface area contributed by atoms with Crippen LogP contribution in [-0.4, -0.2) is 60.9 Å². The quantitative estimate of drug-likeness (QED) is 0.452. The fourth-order valence-corrected chi connectivity index (χ4v) is 7.39. The Kier molecular flexibility index (Phi) is 5.72. The maximum absolute atomic E-state index is 12.8. The van der Waals surface area contributed by atoms with Crippen LogP contribution in [0.5, 0.6) is 0 Å². The molecule has 3 heterocycles. The second kappa shape index (κ2) is 8.53. The van der Waals surface area contributed by atoms with E-state index in [1.165, 1.54) is 39.8 Å². The molecular formula is C21H20N4O4S3. The summed E-state index contributed by atoms with van der Waals surface area (Å²) in [5.41, 5.74) is 1.85. The van der Waals surface area contributed by atoms with E-state index >= 15 is 0 Å². The van der Waals surface area contributed by atoms with E-state index in [1.807, 2.05) is 37.3 Å². The molecule has 8 nitrogen and oxygen atoms in total. The van der Waals surface area contributed by atoms with Crippen molar-refractivity contribution in [2.45, 2.75) is 35.0 Å². The summed E-state index contributed by atoms with van der Waals surface area (Å²) in [5, 5.41) is 21.2. The van der Waals surface area contributed by atoms with Crippen LogP contribution in [0, 0.1) is 12.8 Å². The Morgan fingerprint density at radius 2 is 2.06 bits per heavy atom. The fraction of sp³-hybridized carbons (Fsp3) is 0.381. The van der Waals surface area contributed by atoms with Crippen molar-refractivity contribution in [1.82, 2.24) is 20.4 Å². The lowest BCUT2D eigenvalue weighted by Crippen LogP contribution is -2.70. The van der Waals surface area contributed by atoms with Crippen LogP contribution < -0.4 is 5.32 Å². The van der Waals surface area contributed by atoms with Crippen LogP contribution in [0.15, 0.2) is 45.9 Å². The number of carboxylic acid groups (broad SMARTS) is 1. The van der Waals surface area contributed by atoms with Crippen molar-refractivity contribution in [3.05, 3.63) is 52.2 Å². The SMILES string of the molecule is Cc1nnc(SCC2=C(C(=O)O)N3C(=O)C(NC(=O)C4CC4c4ccccc4)C3SC2)s1. The lowest BCUT2D eigenvalue weighted by molar-refractivity contribution is -0.150. The smallest absolute Gasteiger partial charge is 0.352 e. The third-order valence-electron chi connectivity index (χ3n) is 5.78. The number of nitrogens with one attached hydrogen (secondary N) is 1. The minimum atomic E-state index is -1.12. The van der Waals surface area contributed by atoms with Crippen LogP contribution >= 0.6 is 34.9 Å². The van der Waals surface area contributed by atoms with Crippen LogP contribution in [0.1, 0.15) is 22.9 Å². The molecule has 5 rings (SSSR count). The van der Waals surface area contributed by atoms with Crippen molar-refractivity contribution in [1.29, 1.82) is 0 Å². The van der Waals surface area contributed by atoms with Gasteiger partial charge in [0.05, 0.1) is 0 Å². The van der Waals surface area contributed by atoms with Gasteiger partial charge in [0.2, 0.25) is 5.91 Å². The van der Waals surface area contributed by atoms with Crippen LogP contribution in [0.2, 0.25) is 0 Å². The number of benzene rings is 1. The molecule has 1 aromatic heterocycles. The summed E-state index contributed by atoms with van der Waals surface area (Å²) in [5.74, 6) is -0.650. The van der Waals surface area contributed by atoms with Crippen LogP contribution in [0.3, 0.4) is 0 Å². The maximum Gasteiger partial charge on any atom is 0.352 e. The largest absolute Gasteiger partial charge is 0.477 e. The van der Waals surface area contributed by atoms with Gasteiger partial charge in [-0.25, -0.2) is 4.79 Å². The zero-order valence-electron chi connectivity index (χ0n) is 17.1. The first kappa shape index (κ1) is 21.5. The standard InChI is InChI=1S/C21H20N4O4S3/c1-10-23-24-21(32-10)31-9-12-8-30-19-15(18(27)25(19)16(12)20(28)29)22-17(26)14-7-13(14)11-5-3-2-4-6-11/h2-6,13-15,19H,7-9H2,1H3,(H,22,26)(H,28,29). The summed E-state index contributed by atoms with van der Waals surface area (Å²) in [6.45, 7) is 1.86. The van der Waals surface area contributed by atoms with Gasteiger partial charge in [0.15, 0.2) is 4.34 Å². The highest BCUT2D eigenvalue weighted by Gasteiger charge is 2.55. The third-order valence-corrected chi connectivity index (χ3v) is 9.18. The molecule has 0 spiro atoms. The summed E-state index contributed by atoms with van der Waals surface area (Å²) in [6.07, 6.45) is 0.769. The topological polar surface area (TPSA) is 112 Å². The number of carbonyl (C=O) groups is 3. The highest BCUT2D eigenvalue weighted by molar-refractivity contribution is 8.01. The van der Waals surface area contributed by atoms with Crippen LogP contribution in [0.25, 0.3) is 0 Å². The minimum Gasteiger partial charge on any atom is -0.477 e. The number of nitrogens with zero attached hydrogens (tertiary/aromatic N) is 3. The van der Waals surface area contributed by atoms with Crippen molar-refractivity contribution in [3.63, 3.8) is 0 Å². The van der Waals surface area contributed by atoms with E-state index in [-0.39, 0.29) is 34.7 Å². The van der Waals surface area contributed by atoms with Gasteiger partial charge in [-0.2, -0.15) is 0 Å². The van der Waals surface area contributed by atoms with Crippen LogP contribution in [0.4, 0.5) is 0 Å². The number of fused-ring (bicyclic) bond motifs is 1. The number of hydrogen-bond acceptors (Lipinski definition) is 8. The van der Waals surface area contributed by atoms with E-state index in [2.05, 4.69) is 15.5 Å². The number of aliphatic carboxylic acids is 1. The summed E-state index contributed by atoms with van der Waals surface area (Å²) < 4.78 is 0.768. The molecule has 0 bridgehead atoms. The number of aryl methyl sites for hydroxylation is 1. The molecule has 2 fully saturated rings. The predicted octanol–water partition coefficient (Wildman–Crippen LogP) is 2.48. The van der Waals surface area contributed by atoms with Crippen molar-refractivity contribution in [2.75, 3.05) is 11.5 Å². The van der Waals surface area contributed by atoms with E-state index < -0.39 is 12.0 Å². The number of carboxylic acids is 1. The summed E-state index contributed by atoms with van der Waals surface area (Å²) >= 11 is 4.36. The zero-order valence-corrected chi connectivity index (χ0v) is 19.5. The Labute approximate surface area is 196 Å². The second-order valence-corrected chi connectivity index (χ2v) is 11.4. The van der Waals surface area contributed by atoms with Gasteiger partial charge >= 0.3 is 5.97 Å². The number of aromatic nitrogens is 2. The van der Waals surface area contributed by atoms with Gasteiger partial charge in [-0.05, 0) is 30.4 Å². The molecule has 11 heteroatoms. The molecule has 2 aromatic rings. The molecule has 1 aromatic carbocycles. The second-order valence-electron chi connectivity index (χ2n) is 7.89. The number of hydrogen-bond donors (Lipinski definition) is 2. The maximum atomic E-state index is 12.8. The van der Waals surface area contributed by atoms with Gasteiger partial charge in [0.25, 0.3) is 5.91 Å². The average molecular weight is 489 g/mol. The molecule has 2 amide bonds. The van der Waals surface area contributed by atoms with E-state index in [1.54, 1.807) is 0 Å². The van der Waals surface area contributed by atoms with Gasteiger partial charge in [-0.1, -0.05) is 53.4 Å². The van der Waals surface area contributed by atoms with Crippen molar-refractivity contribution < 1.29 is 19.5 Å². The minimum absolute atomic E-state index is 0.0339. The van der Waals surface area contributed by atoms with Gasteiger partial charge < -0.3 is 10.4 Å². The number of carbonyl (C=O) groups excluding carboxylic acids is 2. The first-order valence-corrected chi connectivity index (χ1v) is 13.0. The molecule has 1 aliphatic carbocycles.